The predicted molar refractivity (Wildman–Crippen MR) is 125 cm³/mol. The summed E-state index contributed by atoms with van der Waals surface area (Å²) in [7, 11) is 0. The second-order valence-corrected chi connectivity index (χ2v) is 7.79. The van der Waals surface area contributed by atoms with E-state index in [0.29, 0.717) is 18.4 Å². The maximum atomic E-state index is 12.8. The van der Waals surface area contributed by atoms with Gasteiger partial charge in [-0.3, -0.25) is 4.79 Å². The number of aliphatic carboxylic acids is 1. The van der Waals surface area contributed by atoms with Gasteiger partial charge < -0.3 is 19.7 Å². The van der Waals surface area contributed by atoms with Crippen LogP contribution in [0.1, 0.15) is 46.8 Å². The SMILES string of the molecule is CC(C)c1cc(C(=O)/C=C(\O)C(=O)O)c(OCc2ccccc2)cc1OCc1ccccc1. The zero-order valence-corrected chi connectivity index (χ0v) is 18.5. The number of ketones is 1. The van der Waals surface area contributed by atoms with E-state index in [9.17, 15) is 14.7 Å². The number of carboxylic acids is 1. The summed E-state index contributed by atoms with van der Waals surface area (Å²) in [6.45, 7) is 4.47. The first-order valence-electron chi connectivity index (χ1n) is 10.5. The van der Waals surface area contributed by atoms with Crippen LogP contribution in [-0.4, -0.2) is 22.0 Å². The molecule has 0 aliphatic carbocycles. The van der Waals surface area contributed by atoms with Gasteiger partial charge in [-0.15, -0.1) is 0 Å². The molecule has 3 aromatic carbocycles. The van der Waals surface area contributed by atoms with Gasteiger partial charge in [0.05, 0.1) is 5.56 Å². The molecule has 0 amide bonds. The molecule has 0 atom stereocenters. The zero-order valence-electron chi connectivity index (χ0n) is 18.5. The Kier molecular flexibility index (Phi) is 7.86. The van der Waals surface area contributed by atoms with Crippen LogP contribution < -0.4 is 9.47 Å². The van der Waals surface area contributed by atoms with Crippen molar-refractivity contribution < 1.29 is 29.3 Å². The van der Waals surface area contributed by atoms with Gasteiger partial charge in [0.1, 0.15) is 24.7 Å². The third kappa shape index (κ3) is 6.46. The average Bonchev–Trinajstić information content (AvgIpc) is 2.82. The Morgan fingerprint density at radius 2 is 1.33 bits per heavy atom. The van der Waals surface area contributed by atoms with Gasteiger partial charge in [0.25, 0.3) is 0 Å². The molecule has 0 heterocycles. The van der Waals surface area contributed by atoms with Crippen molar-refractivity contribution in [2.24, 2.45) is 0 Å². The Morgan fingerprint density at radius 1 is 0.818 bits per heavy atom. The lowest BCUT2D eigenvalue weighted by Gasteiger charge is -2.19. The van der Waals surface area contributed by atoms with E-state index in [1.165, 1.54) is 0 Å². The minimum atomic E-state index is -1.58. The molecule has 0 spiro atoms. The second-order valence-electron chi connectivity index (χ2n) is 7.79. The Labute approximate surface area is 192 Å². The number of ether oxygens (including phenoxy) is 2. The molecule has 3 rings (SSSR count). The fraction of sp³-hybridized carbons (Fsp3) is 0.185. The molecule has 0 fully saturated rings. The van der Waals surface area contributed by atoms with E-state index < -0.39 is 17.5 Å². The van der Waals surface area contributed by atoms with Crippen LogP contribution in [0, 0.1) is 0 Å². The predicted octanol–water partition coefficient (Wildman–Crippen LogP) is 5.68. The number of carboxylic acid groups (broad SMARTS) is 1. The second kappa shape index (κ2) is 11.0. The quantitative estimate of drug-likeness (QED) is 0.237. The fourth-order valence-electron chi connectivity index (χ4n) is 3.20. The van der Waals surface area contributed by atoms with Gasteiger partial charge in [-0.05, 0) is 28.7 Å². The highest BCUT2D eigenvalue weighted by Gasteiger charge is 2.20. The van der Waals surface area contributed by atoms with Crippen molar-refractivity contribution in [2.75, 3.05) is 0 Å². The molecular weight excluding hydrogens is 420 g/mol. The maximum Gasteiger partial charge on any atom is 0.371 e. The smallest absolute Gasteiger partial charge is 0.371 e. The number of aliphatic hydroxyl groups is 1. The van der Waals surface area contributed by atoms with E-state index in [1.54, 1.807) is 12.1 Å². The van der Waals surface area contributed by atoms with Crippen molar-refractivity contribution in [3.63, 3.8) is 0 Å². The molecular formula is C27H26O6. The monoisotopic (exact) mass is 446 g/mol. The first kappa shape index (κ1) is 23.6. The molecule has 0 aromatic heterocycles. The molecule has 170 valence electrons. The Bertz CT molecular complexity index is 1130. The molecule has 0 bridgehead atoms. The van der Waals surface area contributed by atoms with Crippen molar-refractivity contribution in [1.29, 1.82) is 0 Å². The van der Waals surface area contributed by atoms with E-state index in [-0.39, 0.29) is 23.8 Å². The number of hydrogen-bond acceptors (Lipinski definition) is 5. The molecule has 0 aliphatic rings. The highest BCUT2D eigenvalue weighted by atomic mass is 16.5. The Hall–Kier alpha value is -4.06. The van der Waals surface area contributed by atoms with E-state index in [1.807, 2.05) is 74.5 Å². The van der Waals surface area contributed by atoms with E-state index in [0.717, 1.165) is 16.7 Å². The molecule has 3 aromatic rings. The minimum absolute atomic E-state index is 0.0162. The molecule has 6 nitrogen and oxygen atoms in total. The third-order valence-corrected chi connectivity index (χ3v) is 4.96. The number of aliphatic hydroxyl groups excluding tert-OH is 1. The number of rotatable bonds is 10. The van der Waals surface area contributed by atoms with Crippen molar-refractivity contribution in [1.82, 2.24) is 0 Å². The van der Waals surface area contributed by atoms with Crippen LogP contribution in [0.4, 0.5) is 0 Å². The van der Waals surface area contributed by atoms with E-state index in [2.05, 4.69) is 0 Å². The first-order chi connectivity index (χ1) is 15.8. The summed E-state index contributed by atoms with van der Waals surface area (Å²) in [6, 6.07) is 22.4. The molecule has 0 unspecified atom stereocenters. The fourth-order valence-corrected chi connectivity index (χ4v) is 3.20. The van der Waals surface area contributed by atoms with E-state index >= 15 is 0 Å². The van der Waals surface area contributed by atoms with Crippen LogP contribution in [0.2, 0.25) is 0 Å². The van der Waals surface area contributed by atoms with Crippen LogP contribution in [0.25, 0.3) is 0 Å². The summed E-state index contributed by atoms with van der Waals surface area (Å²) in [5, 5.41) is 18.5. The van der Waals surface area contributed by atoms with Gasteiger partial charge in [0.15, 0.2) is 5.78 Å². The van der Waals surface area contributed by atoms with Crippen molar-refractivity contribution in [3.8, 4) is 11.5 Å². The minimum Gasteiger partial charge on any atom is -0.502 e. The number of carbonyl (C=O) groups is 2. The normalized spacial score (nSPS) is 11.3. The highest BCUT2D eigenvalue weighted by molar-refractivity contribution is 6.09. The first-order valence-corrected chi connectivity index (χ1v) is 10.5. The van der Waals surface area contributed by atoms with Gasteiger partial charge in [-0.2, -0.15) is 0 Å². The molecule has 33 heavy (non-hydrogen) atoms. The van der Waals surface area contributed by atoms with Crippen LogP contribution in [0.15, 0.2) is 84.6 Å². The van der Waals surface area contributed by atoms with Crippen molar-refractivity contribution in [2.45, 2.75) is 33.0 Å². The molecule has 0 radical (unpaired) electrons. The van der Waals surface area contributed by atoms with Crippen LogP contribution in [0.5, 0.6) is 11.5 Å². The summed E-state index contributed by atoms with van der Waals surface area (Å²) >= 11 is 0. The maximum absolute atomic E-state index is 12.8. The summed E-state index contributed by atoms with van der Waals surface area (Å²) in [4.78, 5) is 23.8. The lowest BCUT2D eigenvalue weighted by molar-refractivity contribution is -0.135. The van der Waals surface area contributed by atoms with Crippen LogP contribution in [0.3, 0.4) is 0 Å². The highest BCUT2D eigenvalue weighted by Crippen LogP contribution is 2.35. The lowest BCUT2D eigenvalue weighted by Crippen LogP contribution is -2.09. The Morgan fingerprint density at radius 3 is 1.82 bits per heavy atom. The third-order valence-electron chi connectivity index (χ3n) is 4.96. The van der Waals surface area contributed by atoms with Gasteiger partial charge in [-0.1, -0.05) is 74.5 Å². The van der Waals surface area contributed by atoms with Crippen LogP contribution >= 0.6 is 0 Å². The number of hydrogen-bond donors (Lipinski definition) is 2. The largest absolute Gasteiger partial charge is 0.502 e. The van der Waals surface area contributed by atoms with Gasteiger partial charge in [0.2, 0.25) is 5.76 Å². The van der Waals surface area contributed by atoms with Gasteiger partial charge >= 0.3 is 5.97 Å². The summed E-state index contributed by atoms with van der Waals surface area (Å²) in [5.74, 6) is -2.46. The summed E-state index contributed by atoms with van der Waals surface area (Å²) in [5.41, 5.74) is 2.81. The average molecular weight is 446 g/mol. The molecule has 6 heteroatoms. The van der Waals surface area contributed by atoms with Crippen molar-refractivity contribution in [3.05, 3.63) is 107 Å². The number of benzene rings is 3. The molecule has 0 aliphatic heterocycles. The Balaban J connectivity index is 1.99. The molecule has 2 N–H and O–H groups in total. The topological polar surface area (TPSA) is 93.1 Å². The van der Waals surface area contributed by atoms with Gasteiger partial charge in [-0.25, -0.2) is 4.79 Å². The summed E-state index contributed by atoms with van der Waals surface area (Å²) < 4.78 is 12.0. The molecule has 0 saturated heterocycles. The zero-order chi connectivity index (χ0) is 23.8. The van der Waals surface area contributed by atoms with Gasteiger partial charge in [0, 0.05) is 12.1 Å². The van der Waals surface area contributed by atoms with Crippen molar-refractivity contribution >= 4 is 11.8 Å². The number of carbonyl (C=O) groups excluding carboxylic acids is 1. The van der Waals surface area contributed by atoms with E-state index in [4.69, 9.17) is 14.6 Å². The summed E-state index contributed by atoms with van der Waals surface area (Å²) in [6.07, 6.45) is 0.682. The number of allylic oxidation sites excluding steroid dienone is 1. The van der Waals surface area contributed by atoms with Crippen LogP contribution in [-0.2, 0) is 18.0 Å². The lowest BCUT2D eigenvalue weighted by atomic mass is 9.96. The molecule has 0 saturated carbocycles. The standard InChI is InChI=1S/C27H26O6/c1-18(2)21-13-22(23(28)14-24(29)27(30)31)26(33-17-20-11-7-4-8-12-20)15-25(21)32-16-19-9-5-3-6-10-19/h3-15,18,29H,16-17H2,1-2H3,(H,30,31)/b24-14-.